The highest BCUT2D eigenvalue weighted by Crippen LogP contribution is 2.34. The molecular formula is C22H22N4OS. The van der Waals surface area contributed by atoms with Crippen LogP contribution in [0, 0.1) is 13.8 Å². The van der Waals surface area contributed by atoms with E-state index >= 15 is 0 Å². The van der Waals surface area contributed by atoms with Gasteiger partial charge >= 0.3 is 0 Å². The van der Waals surface area contributed by atoms with Crippen molar-refractivity contribution in [3.05, 3.63) is 58.5 Å². The van der Waals surface area contributed by atoms with Crippen LogP contribution in [-0.4, -0.2) is 20.9 Å². The second kappa shape index (κ2) is 6.63. The maximum atomic E-state index is 13.1. The van der Waals surface area contributed by atoms with Crippen molar-refractivity contribution in [2.45, 2.75) is 40.0 Å². The molecule has 6 heteroatoms. The van der Waals surface area contributed by atoms with E-state index in [4.69, 9.17) is 4.98 Å². The number of aromatic nitrogens is 3. The summed E-state index contributed by atoms with van der Waals surface area (Å²) in [7, 11) is 0. The molecule has 142 valence electrons. The number of hydrogen-bond donors (Lipinski definition) is 1. The molecule has 0 bridgehead atoms. The lowest BCUT2D eigenvalue weighted by Crippen LogP contribution is -2.16. The SMILES string of the molecule is Cc1nc(C(C)(C)C)nc2sc(C(=O)Nc3cccc4ncccc34)c(C)c12. The minimum Gasteiger partial charge on any atom is -0.321 e. The number of benzene rings is 1. The molecule has 0 unspecified atom stereocenters. The van der Waals surface area contributed by atoms with Crippen molar-refractivity contribution in [3.8, 4) is 0 Å². The van der Waals surface area contributed by atoms with Crippen molar-refractivity contribution in [2.24, 2.45) is 0 Å². The zero-order valence-electron chi connectivity index (χ0n) is 16.6. The summed E-state index contributed by atoms with van der Waals surface area (Å²) >= 11 is 1.42. The number of rotatable bonds is 2. The molecule has 1 aromatic carbocycles. The third-order valence-electron chi connectivity index (χ3n) is 4.74. The fraction of sp³-hybridized carbons (Fsp3) is 0.273. The van der Waals surface area contributed by atoms with E-state index in [-0.39, 0.29) is 11.3 Å². The Bertz CT molecular complexity index is 1220. The van der Waals surface area contributed by atoms with Crippen LogP contribution in [0.15, 0.2) is 36.5 Å². The van der Waals surface area contributed by atoms with Crippen LogP contribution in [0.5, 0.6) is 0 Å². The quantitative estimate of drug-likeness (QED) is 0.497. The van der Waals surface area contributed by atoms with Crippen molar-refractivity contribution in [1.29, 1.82) is 0 Å². The van der Waals surface area contributed by atoms with E-state index in [1.807, 2.05) is 44.2 Å². The molecule has 3 heterocycles. The topological polar surface area (TPSA) is 67.8 Å². The molecule has 0 saturated carbocycles. The van der Waals surface area contributed by atoms with Crippen LogP contribution in [0.1, 0.15) is 47.5 Å². The number of fused-ring (bicyclic) bond motifs is 2. The smallest absolute Gasteiger partial charge is 0.266 e. The molecule has 0 spiro atoms. The molecule has 1 N–H and O–H groups in total. The molecule has 5 nitrogen and oxygen atoms in total. The highest BCUT2D eigenvalue weighted by molar-refractivity contribution is 7.20. The lowest BCUT2D eigenvalue weighted by molar-refractivity contribution is 0.103. The van der Waals surface area contributed by atoms with Crippen molar-refractivity contribution in [2.75, 3.05) is 5.32 Å². The van der Waals surface area contributed by atoms with Gasteiger partial charge in [-0.3, -0.25) is 9.78 Å². The molecule has 0 aliphatic rings. The van der Waals surface area contributed by atoms with Gasteiger partial charge in [0.2, 0.25) is 0 Å². The number of aryl methyl sites for hydroxylation is 2. The summed E-state index contributed by atoms with van der Waals surface area (Å²) in [4.78, 5) is 28.4. The van der Waals surface area contributed by atoms with Crippen LogP contribution in [0.25, 0.3) is 21.1 Å². The maximum Gasteiger partial charge on any atom is 0.266 e. The Balaban J connectivity index is 1.77. The highest BCUT2D eigenvalue weighted by atomic mass is 32.1. The van der Waals surface area contributed by atoms with Gasteiger partial charge in [-0.15, -0.1) is 11.3 Å². The number of amides is 1. The first-order valence-electron chi connectivity index (χ1n) is 9.19. The normalized spacial score (nSPS) is 11.9. The predicted molar refractivity (Wildman–Crippen MR) is 115 cm³/mol. The number of carbonyl (C=O) groups excluding carboxylic acids is 1. The number of nitrogens with zero attached hydrogens (tertiary/aromatic N) is 3. The van der Waals surface area contributed by atoms with Crippen LogP contribution in [0.4, 0.5) is 5.69 Å². The molecule has 28 heavy (non-hydrogen) atoms. The van der Waals surface area contributed by atoms with Gasteiger partial charge in [-0.25, -0.2) is 9.97 Å². The number of nitrogens with one attached hydrogen (secondary N) is 1. The summed E-state index contributed by atoms with van der Waals surface area (Å²) in [5, 5.41) is 4.94. The Morgan fingerprint density at radius 3 is 2.61 bits per heavy atom. The molecule has 3 aromatic heterocycles. The van der Waals surface area contributed by atoms with Gasteiger partial charge in [0.25, 0.3) is 5.91 Å². The molecule has 4 rings (SSSR count). The molecule has 0 aliphatic heterocycles. The highest BCUT2D eigenvalue weighted by Gasteiger charge is 2.23. The Labute approximate surface area is 167 Å². The first-order chi connectivity index (χ1) is 13.3. The Morgan fingerprint density at radius 2 is 1.86 bits per heavy atom. The minimum atomic E-state index is -0.144. The second-order valence-corrected chi connectivity index (χ2v) is 8.95. The standard InChI is InChI=1S/C22H22N4OS/c1-12-17-13(2)24-21(22(3,4)5)26-20(17)28-18(12)19(27)25-16-10-6-9-15-14(16)8-7-11-23-15/h6-11H,1-5H3,(H,25,27). The zero-order chi connectivity index (χ0) is 20.1. The van der Waals surface area contributed by atoms with Gasteiger partial charge in [-0.05, 0) is 43.7 Å². The van der Waals surface area contributed by atoms with E-state index in [2.05, 4.69) is 36.1 Å². The van der Waals surface area contributed by atoms with Gasteiger partial charge in [-0.2, -0.15) is 0 Å². The van der Waals surface area contributed by atoms with Gasteiger partial charge < -0.3 is 5.32 Å². The van der Waals surface area contributed by atoms with Gasteiger partial charge in [0.1, 0.15) is 10.7 Å². The van der Waals surface area contributed by atoms with Crippen LogP contribution in [-0.2, 0) is 5.41 Å². The molecule has 0 radical (unpaired) electrons. The van der Waals surface area contributed by atoms with Crippen molar-refractivity contribution in [1.82, 2.24) is 15.0 Å². The third-order valence-corrected chi connectivity index (χ3v) is 5.93. The molecule has 0 saturated heterocycles. The number of thiophene rings is 1. The van der Waals surface area contributed by atoms with Crippen molar-refractivity contribution < 1.29 is 4.79 Å². The monoisotopic (exact) mass is 390 g/mol. The van der Waals surface area contributed by atoms with Gasteiger partial charge in [-0.1, -0.05) is 26.8 Å². The van der Waals surface area contributed by atoms with E-state index in [1.165, 1.54) is 11.3 Å². The minimum absolute atomic E-state index is 0.131. The fourth-order valence-corrected chi connectivity index (χ4v) is 4.41. The number of hydrogen-bond acceptors (Lipinski definition) is 5. The lowest BCUT2D eigenvalue weighted by atomic mass is 9.95. The molecule has 0 atom stereocenters. The molecule has 0 aliphatic carbocycles. The molecule has 1 amide bonds. The summed E-state index contributed by atoms with van der Waals surface area (Å²) in [5.74, 6) is 0.666. The van der Waals surface area contributed by atoms with Gasteiger partial charge in [0.15, 0.2) is 0 Å². The number of pyridine rings is 1. The Kier molecular flexibility index (Phi) is 4.38. The summed E-state index contributed by atoms with van der Waals surface area (Å²) in [6.07, 6.45) is 1.75. The first kappa shape index (κ1) is 18.5. The van der Waals surface area contributed by atoms with Crippen LogP contribution in [0.3, 0.4) is 0 Å². The van der Waals surface area contributed by atoms with E-state index in [0.717, 1.165) is 43.9 Å². The van der Waals surface area contributed by atoms with Crippen LogP contribution in [0.2, 0.25) is 0 Å². The Morgan fingerprint density at radius 1 is 1.07 bits per heavy atom. The van der Waals surface area contributed by atoms with E-state index < -0.39 is 0 Å². The van der Waals surface area contributed by atoms with Crippen LogP contribution < -0.4 is 5.32 Å². The zero-order valence-corrected chi connectivity index (χ0v) is 17.4. The maximum absolute atomic E-state index is 13.1. The van der Waals surface area contributed by atoms with E-state index in [1.54, 1.807) is 6.20 Å². The molecular weight excluding hydrogens is 368 g/mol. The lowest BCUT2D eigenvalue weighted by Gasteiger charge is -2.16. The second-order valence-electron chi connectivity index (χ2n) is 7.95. The number of anilines is 1. The Hall–Kier alpha value is -2.86. The third kappa shape index (κ3) is 3.14. The van der Waals surface area contributed by atoms with E-state index in [0.29, 0.717) is 4.88 Å². The average molecular weight is 391 g/mol. The summed E-state index contributed by atoms with van der Waals surface area (Å²) < 4.78 is 0. The summed E-state index contributed by atoms with van der Waals surface area (Å²) in [5.41, 5.74) is 3.30. The average Bonchev–Trinajstić information content (AvgIpc) is 2.98. The van der Waals surface area contributed by atoms with Crippen LogP contribution >= 0.6 is 11.3 Å². The van der Waals surface area contributed by atoms with Crippen molar-refractivity contribution >= 4 is 44.1 Å². The van der Waals surface area contributed by atoms with E-state index in [9.17, 15) is 4.79 Å². The molecule has 4 aromatic rings. The summed E-state index contributed by atoms with van der Waals surface area (Å²) in [6, 6.07) is 9.56. The summed E-state index contributed by atoms with van der Waals surface area (Å²) in [6.45, 7) is 10.2. The van der Waals surface area contributed by atoms with Gasteiger partial charge in [0, 0.05) is 22.4 Å². The number of carbonyl (C=O) groups is 1. The molecule has 0 fully saturated rings. The predicted octanol–water partition coefficient (Wildman–Crippen LogP) is 5.41. The first-order valence-corrected chi connectivity index (χ1v) is 10.0. The van der Waals surface area contributed by atoms with Gasteiger partial charge in [0.05, 0.1) is 21.8 Å². The fourth-order valence-electron chi connectivity index (χ4n) is 3.28. The largest absolute Gasteiger partial charge is 0.321 e. The van der Waals surface area contributed by atoms with Crippen molar-refractivity contribution in [3.63, 3.8) is 0 Å².